The zero-order valence-electron chi connectivity index (χ0n) is 14.8. The monoisotopic (exact) mass is 406 g/mol. The smallest absolute Gasteiger partial charge is 0.348 e. The lowest BCUT2D eigenvalue weighted by Gasteiger charge is -2.07. The van der Waals surface area contributed by atoms with Gasteiger partial charge in [0, 0.05) is 10.5 Å². The van der Waals surface area contributed by atoms with Crippen molar-refractivity contribution in [2.45, 2.75) is 18.4 Å². The summed E-state index contributed by atoms with van der Waals surface area (Å²) in [6.45, 7) is 1.65. The van der Waals surface area contributed by atoms with Crippen LogP contribution in [-0.2, 0) is 20.9 Å². The van der Waals surface area contributed by atoms with E-state index in [-0.39, 0.29) is 40.0 Å². The second-order valence-corrected chi connectivity index (χ2v) is 7.21. The fourth-order valence-corrected chi connectivity index (χ4v) is 3.73. The lowest BCUT2D eigenvalue weighted by molar-refractivity contribution is -0.141. The summed E-state index contributed by atoms with van der Waals surface area (Å²) in [5, 5.41) is 9.45. The van der Waals surface area contributed by atoms with Gasteiger partial charge in [-0.2, -0.15) is 5.26 Å². The molecule has 0 amide bonds. The topological polar surface area (TPSA) is 112 Å². The number of carbonyl (C=O) groups excluding carboxylic acids is 2. The first-order valence-corrected chi connectivity index (χ1v) is 9.71. The molecule has 0 atom stereocenters. The molecular formula is C18H18N2O5S2. The fraction of sp³-hybridized carbons (Fsp3) is 0.278. The first-order valence-electron chi connectivity index (χ1n) is 7.91. The number of hydrogen-bond acceptors (Lipinski definition) is 9. The lowest BCUT2D eigenvalue weighted by atomic mass is 10.1. The number of nitrogens with zero attached hydrogens (tertiary/aromatic N) is 1. The molecule has 0 bridgehead atoms. The Bertz CT molecular complexity index is 856. The van der Waals surface area contributed by atoms with Gasteiger partial charge in [0.2, 0.25) is 0 Å². The highest BCUT2D eigenvalue weighted by Crippen LogP contribution is 2.32. The van der Waals surface area contributed by atoms with E-state index in [9.17, 15) is 14.9 Å². The molecule has 0 saturated carbocycles. The van der Waals surface area contributed by atoms with E-state index >= 15 is 0 Å². The number of hydrogen-bond donors (Lipinski definition) is 1. The Kier molecular flexibility index (Phi) is 7.52. The molecule has 9 heteroatoms. The Morgan fingerprint density at radius 1 is 1.26 bits per heavy atom. The van der Waals surface area contributed by atoms with Gasteiger partial charge >= 0.3 is 11.9 Å². The van der Waals surface area contributed by atoms with Crippen molar-refractivity contribution >= 4 is 40.0 Å². The van der Waals surface area contributed by atoms with Crippen molar-refractivity contribution in [1.29, 1.82) is 5.26 Å². The molecule has 1 heterocycles. The zero-order valence-corrected chi connectivity index (χ0v) is 16.4. The van der Waals surface area contributed by atoms with Crippen molar-refractivity contribution in [3.05, 3.63) is 40.3 Å². The van der Waals surface area contributed by atoms with Crippen LogP contribution >= 0.6 is 23.1 Å². The number of nitriles is 1. The first kappa shape index (κ1) is 20.6. The molecule has 2 rings (SSSR count). The number of ether oxygens (including phenoxy) is 3. The molecule has 0 spiro atoms. The number of rotatable bonds is 8. The van der Waals surface area contributed by atoms with Gasteiger partial charge in [-0.25, -0.2) is 4.79 Å². The van der Waals surface area contributed by atoms with Gasteiger partial charge in [0.1, 0.15) is 28.3 Å². The Balaban J connectivity index is 1.99. The predicted molar refractivity (Wildman–Crippen MR) is 103 cm³/mol. The molecule has 0 aliphatic rings. The van der Waals surface area contributed by atoms with Crippen LogP contribution in [0.1, 0.15) is 27.7 Å². The highest BCUT2D eigenvalue weighted by atomic mass is 32.2. The second kappa shape index (κ2) is 9.85. The molecule has 0 unspecified atom stereocenters. The Morgan fingerprint density at radius 2 is 1.96 bits per heavy atom. The van der Waals surface area contributed by atoms with E-state index in [4.69, 9.17) is 19.9 Å². The average molecular weight is 406 g/mol. The molecular weight excluding hydrogens is 388 g/mol. The number of anilines is 1. The molecule has 2 N–H and O–H groups in total. The molecule has 0 saturated heterocycles. The zero-order chi connectivity index (χ0) is 19.8. The molecule has 27 heavy (non-hydrogen) atoms. The van der Waals surface area contributed by atoms with Crippen molar-refractivity contribution in [2.24, 2.45) is 0 Å². The SMILES string of the molecule is CCOC(=O)c1sc(N)c(C#N)c1COC(=O)CSc1ccc(OC)cc1. The number of thiophene rings is 1. The summed E-state index contributed by atoms with van der Waals surface area (Å²) in [6, 6.07) is 9.21. The van der Waals surface area contributed by atoms with Gasteiger partial charge in [0.25, 0.3) is 0 Å². The summed E-state index contributed by atoms with van der Waals surface area (Å²) in [5.74, 6) is -0.246. The van der Waals surface area contributed by atoms with Crippen LogP contribution in [0.2, 0.25) is 0 Å². The van der Waals surface area contributed by atoms with Gasteiger partial charge < -0.3 is 19.9 Å². The standard InChI is InChI=1S/C18H18N2O5S2/c1-3-24-18(22)16-14(13(8-19)17(20)27-16)9-25-15(21)10-26-12-6-4-11(23-2)5-7-12/h4-7H,3,9-10,20H2,1-2H3. The van der Waals surface area contributed by atoms with Gasteiger partial charge in [-0.05, 0) is 31.2 Å². The maximum absolute atomic E-state index is 12.0. The number of esters is 2. The Labute approximate surface area is 165 Å². The minimum atomic E-state index is -0.589. The van der Waals surface area contributed by atoms with Crippen molar-refractivity contribution in [2.75, 3.05) is 25.2 Å². The third-order valence-electron chi connectivity index (χ3n) is 3.40. The van der Waals surface area contributed by atoms with E-state index in [0.29, 0.717) is 0 Å². The summed E-state index contributed by atoms with van der Waals surface area (Å²) in [6.07, 6.45) is 0. The molecule has 1 aromatic heterocycles. The quantitative estimate of drug-likeness (QED) is 0.525. The molecule has 7 nitrogen and oxygen atoms in total. The molecule has 0 radical (unpaired) electrons. The molecule has 2 aromatic rings. The number of nitrogen functional groups attached to an aromatic ring is 1. The van der Waals surface area contributed by atoms with Crippen molar-refractivity contribution in [1.82, 2.24) is 0 Å². The van der Waals surface area contributed by atoms with Gasteiger partial charge in [0.15, 0.2) is 0 Å². The van der Waals surface area contributed by atoms with Crippen molar-refractivity contribution < 1.29 is 23.8 Å². The molecule has 142 valence electrons. The molecule has 0 aliphatic carbocycles. The van der Waals surface area contributed by atoms with E-state index in [1.54, 1.807) is 26.2 Å². The summed E-state index contributed by atoms with van der Waals surface area (Å²) < 4.78 is 15.3. The molecule has 0 fully saturated rings. The summed E-state index contributed by atoms with van der Waals surface area (Å²) in [4.78, 5) is 25.1. The normalized spacial score (nSPS) is 10.1. The van der Waals surface area contributed by atoms with Gasteiger partial charge in [-0.3, -0.25) is 4.79 Å². The van der Waals surface area contributed by atoms with Crippen LogP contribution in [0.25, 0.3) is 0 Å². The van der Waals surface area contributed by atoms with Crippen LogP contribution in [0, 0.1) is 11.3 Å². The minimum Gasteiger partial charge on any atom is -0.497 e. The second-order valence-electron chi connectivity index (χ2n) is 5.11. The number of nitrogens with two attached hydrogens (primary N) is 1. The molecule has 0 aliphatic heterocycles. The van der Waals surface area contributed by atoms with Crippen molar-refractivity contribution in [3.63, 3.8) is 0 Å². The van der Waals surface area contributed by atoms with Crippen LogP contribution < -0.4 is 10.5 Å². The number of thioether (sulfide) groups is 1. The van der Waals surface area contributed by atoms with Crippen LogP contribution in [0.4, 0.5) is 5.00 Å². The third-order valence-corrected chi connectivity index (χ3v) is 5.43. The van der Waals surface area contributed by atoms with Gasteiger partial charge in [-0.1, -0.05) is 0 Å². The first-order chi connectivity index (χ1) is 13.0. The number of carbonyl (C=O) groups is 2. The summed E-state index contributed by atoms with van der Waals surface area (Å²) in [7, 11) is 1.58. The van der Waals surface area contributed by atoms with Gasteiger partial charge in [-0.15, -0.1) is 23.1 Å². The predicted octanol–water partition coefficient (Wildman–Crippen LogP) is 3.22. The fourth-order valence-electron chi connectivity index (χ4n) is 2.12. The van der Waals surface area contributed by atoms with Crippen LogP contribution in [0.3, 0.4) is 0 Å². The van der Waals surface area contributed by atoms with Crippen LogP contribution in [-0.4, -0.2) is 31.4 Å². The average Bonchev–Trinajstić information content (AvgIpc) is 3.00. The van der Waals surface area contributed by atoms with E-state index in [1.807, 2.05) is 18.2 Å². The number of methoxy groups -OCH3 is 1. The molecule has 1 aromatic carbocycles. The number of benzene rings is 1. The van der Waals surface area contributed by atoms with Crippen LogP contribution in [0.15, 0.2) is 29.2 Å². The highest BCUT2D eigenvalue weighted by Gasteiger charge is 2.23. The lowest BCUT2D eigenvalue weighted by Crippen LogP contribution is -2.11. The van der Waals surface area contributed by atoms with Crippen LogP contribution in [0.5, 0.6) is 5.75 Å². The summed E-state index contributed by atoms with van der Waals surface area (Å²) in [5.41, 5.74) is 6.20. The largest absolute Gasteiger partial charge is 0.497 e. The highest BCUT2D eigenvalue weighted by molar-refractivity contribution is 8.00. The van der Waals surface area contributed by atoms with E-state index < -0.39 is 11.9 Å². The van der Waals surface area contributed by atoms with E-state index in [1.165, 1.54) is 11.8 Å². The third kappa shape index (κ3) is 5.39. The van der Waals surface area contributed by atoms with E-state index in [2.05, 4.69) is 0 Å². The maximum atomic E-state index is 12.0. The van der Waals surface area contributed by atoms with Crippen molar-refractivity contribution in [3.8, 4) is 11.8 Å². The maximum Gasteiger partial charge on any atom is 0.348 e. The summed E-state index contributed by atoms with van der Waals surface area (Å²) >= 11 is 2.26. The van der Waals surface area contributed by atoms with E-state index in [0.717, 1.165) is 22.0 Å². The Hall–Kier alpha value is -2.70. The van der Waals surface area contributed by atoms with Gasteiger partial charge in [0.05, 0.1) is 25.0 Å². The minimum absolute atomic E-state index is 0.0859. The Morgan fingerprint density at radius 3 is 2.56 bits per heavy atom.